The predicted molar refractivity (Wildman–Crippen MR) is 112 cm³/mol. The standard InChI is InChI=1S/C21H21N3O5S/c1-22-30(26,27)20-14-16(8-10-19(20)28-2)9-11-21(25)29-15-17-12-13-24(23-17)18-6-4-3-5-7-18/h3-14,22H,15H2,1-2H3/b11-9+. The number of benzene rings is 2. The lowest BCUT2D eigenvalue weighted by molar-refractivity contribution is -0.139. The van der Waals surface area contributed by atoms with E-state index < -0.39 is 16.0 Å². The second-order valence-electron chi connectivity index (χ2n) is 6.15. The van der Waals surface area contributed by atoms with Crippen LogP contribution in [0, 0.1) is 0 Å². The molecule has 0 saturated carbocycles. The molecule has 0 aliphatic carbocycles. The molecule has 156 valence electrons. The maximum atomic E-state index is 12.1. The van der Waals surface area contributed by atoms with Crippen LogP contribution in [0.2, 0.25) is 0 Å². The van der Waals surface area contributed by atoms with Gasteiger partial charge < -0.3 is 9.47 Å². The van der Waals surface area contributed by atoms with Gasteiger partial charge in [0.25, 0.3) is 0 Å². The summed E-state index contributed by atoms with van der Waals surface area (Å²) in [5.41, 5.74) is 2.02. The molecule has 3 rings (SSSR count). The molecular weight excluding hydrogens is 406 g/mol. The molecule has 0 unspecified atom stereocenters. The second-order valence-corrected chi connectivity index (χ2v) is 8.00. The number of nitrogens with zero attached hydrogens (tertiary/aromatic N) is 2. The average Bonchev–Trinajstić information content (AvgIpc) is 3.26. The smallest absolute Gasteiger partial charge is 0.331 e. The molecule has 1 N–H and O–H groups in total. The Morgan fingerprint density at radius 1 is 1.17 bits per heavy atom. The lowest BCUT2D eigenvalue weighted by Crippen LogP contribution is -2.19. The van der Waals surface area contributed by atoms with Gasteiger partial charge in [0, 0.05) is 12.3 Å². The summed E-state index contributed by atoms with van der Waals surface area (Å²) in [5.74, 6) is -0.365. The molecule has 3 aromatic rings. The third-order valence-electron chi connectivity index (χ3n) is 4.19. The molecule has 0 spiro atoms. The van der Waals surface area contributed by atoms with Gasteiger partial charge >= 0.3 is 5.97 Å². The van der Waals surface area contributed by atoms with Gasteiger partial charge in [-0.25, -0.2) is 22.6 Å². The highest BCUT2D eigenvalue weighted by atomic mass is 32.2. The fraction of sp³-hybridized carbons (Fsp3) is 0.143. The number of esters is 1. The number of aromatic nitrogens is 2. The number of ether oxygens (including phenoxy) is 2. The van der Waals surface area contributed by atoms with Crippen LogP contribution in [0.4, 0.5) is 0 Å². The van der Waals surface area contributed by atoms with E-state index in [-0.39, 0.29) is 17.3 Å². The Labute approximate surface area is 174 Å². The quantitative estimate of drug-likeness (QED) is 0.438. The van der Waals surface area contributed by atoms with Crippen LogP contribution in [-0.2, 0) is 26.2 Å². The Balaban J connectivity index is 1.64. The Kier molecular flexibility index (Phi) is 6.65. The van der Waals surface area contributed by atoms with Gasteiger partial charge in [0.2, 0.25) is 10.0 Å². The van der Waals surface area contributed by atoms with Crippen molar-refractivity contribution >= 4 is 22.1 Å². The molecule has 1 heterocycles. The average molecular weight is 427 g/mol. The fourth-order valence-electron chi connectivity index (χ4n) is 2.64. The summed E-state index contributed by atoms with van der Waals surface area (Å²) in [6.45, 7) is 0.0189. The Hall–Kier alpha value is -3.43. The van der Waals surface area contributed by atoms with Crippen molar-refractivity contribution < 1.29 is 22.7 Å². The zero-order chi connectivity index (χ0) is 21.6. The van der Waals surface area contributed by atoms with Crippen molar-refractivity contribution in [3.63, 3.8) is 0 Å². The zero-order valence-corrected chi connectivity index (χ0v) is 17.3. The molecule has 2 aromatic carbocycles. The fourth-order valence-corrected chi connectivity index (χ4v) is 3.56. The van der Waals surface area contributed by atoms with Crippen molar-refractivity contribution in [3.8, 4) is 11.4 Å². The van der Waals surface area contributed by atoms with Crippen molar-refractivity contribution in [2.75, 3.05) is 14.2 Å². The summed E-state index contributed by atoms with van der Waals surface area (Å²) in [7, 11) is -1.01. The van der Waals surface area contributed by atoms with Crippen molar-refractivity contribution in [2.24, 2.45) is 0 Å². The maximum Gasteiger partial charge on any atom is 0.331 e. The van der Waals surface area contributed by atoms with Crippen molar-refractivity contribution in [3.05, 3.63) is 78.1 Å². The van der Waals surface area contributed by atoms with Crippen LogP contribution in [0.15, 0.2) is 71.8 Å². The number of hydrogen-bond acceptors (Lipinski definition) is 6. The van der Waals surface area contributed by atoms with Crippen LogP contribution in [0.1, 0.15) is 11.3 Å². The molecule has 0 saturated heterocycles. The van der Waals surface area contributed by atoms with Gasteiger partial charge in [0.05, 0.1) is 12.8 Å². The number of carbonyl (C=O) groups excluding carboxylic acids is 1. The molecule has 8 nitrogen and oxygen atoms in total. The molecule has 0 bridgehead atoms. The first-order valence-corrected chi connectivity index (χ1v) is 10.5. The third-order valence-corrected chi connectivity index (χ3v) is 5.62. The molecule has 0 fully saturated rings. The minimum Gasteiger partial charge on any atom is -0.495 e. The van der Waals surface area contributed by atoms with Gasteiger partial charge in [-0.05, 0) is 49.0 Å². The topological polar surface area (TPSA) is 99.5 Å². The Bertz CT molecular complexity index is 1150. The predicted octanol–water partition coefficient (Wildman–Crippen LogP) is 2.55. The minimum absolute atomic E-state index is 0.0189. The van der Waals surface area contributed by atoms with E-state index in [0.717, 1.165) is 5.69 Å². The van der Waals surface area contributed by atoms with Crippen molar-refractivity contribution in [2.45, 2.75) is 11.5 Å². The summed E-state index contributed by atoms with van der Waals surface area (Å²) in [6.07, 6.45) is 4.49. The van der Waals surface area contributed by atoms with Gasteiger partial charge in [-0.15, -0.1) is 0 Å². The first-order valence-electron chi connectivity index (χ1n) is 8.99. The number of para-hydroxylation sites is 1. The second kappa shape index (κ2) is 9.38. The molecule has 0 atom stereocenters. The molecular formula is C21H21N3O5S. The van der Waals surface area contributed by atoms with Crippen LogP contribution in [0.3, 0.4) is 0 Å². The Morgan fingerprint density at radius 2 is 1.93 bits per heavy atom. The van der Waals surface area contributed by atoms with Gasteiger partial charge in [-0.3, -0.25) is 0 Å². The monoisotopic (exact) mass is 427 g/mol. The number of rotatable bonds is 8. The van der Waals surface area contributed by atoms with Crippen LogP contribution in [0.25, 0.3) is 11.8 Å². The number of sulfonamides is 1. The molecule has 1 aromatic heterocycles. The summed E-state index contributed by atoms with van der Waals surface area (Å²) >= 11 is 0. The Morgan fingerprint density at radius 3 is 2.63 bits per heavy atom. The van der Waals surface area contributed by atoms with E-state index in [0.29, 0.717) is 11.3 Å². The van der Waals surface area contributed by atoms with E-state index >= 15 is 0 Å². The molecule has 0 radical (unpaired) electrons. The van der Waals surface area contributed by atoms with E-state index in [4.69, 9.17) is 9.47 Å². The lowest BCUT2D eigenvalue weighted by Gasteiger charge is -2.09. The lowest BCUT2D eigenvalue weighted by atomic mass is 10.2. The van der Waals surface area contributed by atoms with Crippen LogP contribution in [0.5, 0.6) is 5.75 Å². The maximum absolute atomic E-state index is 12.1. The molecule has 0 aliphatic rings. The molecule has 0 amide bonds. The SMILES string of the molecule is CNS(=O)(=O)c1cc(/C=C/C(=O)OCc2ccn(-c3ccccc3)n2)ccc1OC. The van der Waals surface area contributed by atoms with E-state index in [1.54, 1.807) is 23.0 Å². The first-order chi connectivity index (χ1) is 14.4. The molecule has 30 heavy (non-hydrogen) atoms. The van der Waals surface area contributed by atoms with Crippen LogP contribution < -0.4 is 9.46 Å². The number of nitrogens with one attached hydrogen (secondary N) is 1. The van der Waals surface area contributed by atoms with Gasteiger partial charge in [0.1, 0.15) is 22.9 Å². The van der Waals surface area contributed by atoms with Gasteiger partial charge in [-0.1, -0.05) is 24.3 Å². The molecule has 0 aliphatic heterocycles. The van der Waals surface area contributed by atoms with Gasteiger partial charge in [0.15, 0.2) is 0 Å². The zero-order valence-electron chi connectivity index (χ0n) is 16.5. The summed E-state index contributed by atoms with van der Waals surface area (Å²) in [6, 6.07) is 15.9. The number of hydrogen-bond donors (Lipinski definition) is 1. The first kappa shape index (κ1) is 21.3. The number of carbonyl (C=O) groups is 1. The minimum atomic E-state index is -3.70. The van der Waals surface area contributed by atoms with Crippen molar-refractivity contribution in [1.82, 2.24) is 14.5 Å². The largest absolute Gasteiger partial charge is 0.495 e. The van der Waals surface area contributed by atoms with E-state index in [1.165, 1.54) is 38.4 Å². The normalized spacial score (nSPS) is 11.5. The van der Waals surface area contributed by atoms with E-state index in [9.17, 15) is 13.2 Å². The van der Waals surface area contributed by atoms with Gasteiger partial charge in [-0.2, -0.15) is 5.10 Å². The highest BCUT2D eigenvalue weighted by Crippen LogP contribution is 2.25. The van der Waals surface area contributed by atoms with Crippen LogP contribution in [-0.4, -0.2) is 38.3 Å². The highest BCUT2D eigenvalue weighted by Gasteiger charge is 2.17. The highest BCUT2D eigenvalue weighted by molar-refractivity contribution is 7.89. The summed E-state index contributed by atoms with van der Waals surface area (Å²) in [4.78, 5) is 12.0. The summed E-state index contributed by atoms with van der Waals surface area (Å²) < 4.78 is 38.5. The summed E-state index contributed by atoms with van der Waals surface area (Å²) in [5, 5.41) is 4.37. The van der Waals surface area contributed by atoms with E-state index in [1.807, 2.05) is 30.3 Å². The third kappa shape index (κ3) is 5.13. The molecule has 9 heteroatoms. The van der Waals surface area contributed by atoms with Crippen LogP contribution >= 0.6 is 0 Å². The van der Waals surface area contributed by atoms with E-state index in [2.05, 4.69) is 9.82 Å². The van der Waals surface area contributed by atoms with Crippen molar-refractivity contribution in [1.29, 1.82) is 0 Å². The number of methoxy groups -OCH3 is 1.